The summed E-state index contributed by atoms with van der Waals surface area (Å²) in [5, 5.41) is 0. The standard InChI is InChI=1S/C28H31N3O5/c1-34-25-11-10-22(13-26(25)35-2)14-27(32)31-18-24(36-20-23-9-6-12-29-15-23)17-30(28(33)19-31)16-21-7-4-3-5-8-21/h3-13,15,24H,14,16-20H2,1-2H3. The second-order valence-corrected chi connectivity index (χ2v) is 8.69. The summed E-state index contributed by atoms with van der Waals surface area (Å²) >= 11 is 0. The van der Waals surface area contributed by atoms with Crippen LogP contribution in [-0.4, -0.2) is 66.6 Å². The highest BCUT2D eigenvalue weighted by molar-refractivity contribution is 5.86. The molecule has 4 rings (SSSR count). The normalized spacial score (nSPS) is 15.9. The quantitative estimate of drug-likeness (QED) is 0.460. The van der Waals surface area contributed by atoms with Crippen molar-refractivity contribution in [1.82, 2.24) is 14.8 Å². The summed E-state index contributed by atoms with van der Waals surface area (Å²) < 4.78 is 16.9. The summed E-state index contributed by atoms with van der Waals surface area (Å²) in [5.74, 6) is 0.902. The summed E-state index contributed by atoms with van der Waals surface area (Å²) in [7, 11) is 3.13. The maximum absolute atomic E-state index is 13.3. The van der Waals surface area contributed by atoms with Gasteiger partial charge < -0.3 is 24.0 Å². The maximum atomic E-state index is 13.3. The van der Waals surface area contributed by atoms with Crippen LogP contribution in [0.25, 0.3) is 0 Å². The van der Waals surface area contributed by atoms with Crippen molar-refractivity contribution in [2.45, 2.75) is 25.7 Å². The van der Waals surface area contributed by atoms with E-state index >= 15 is 0 Å². The minimum absolute atomic E-state index is 0.00566. The summed E-state index contributed by atoms with van der Waals surface area (Å²) in [6, 6.07) is 19.0. The highest BCUT2D eigenvalue weighted by Gasteiger charge is 2.31. The zero-order chi connectivity index (χ0) is 25.3. The van der Waals surface area contributed by atoms with Crippen LogP contribution < -0.4 is 9.47 Å². The molecular formula is C28H31N3O5. The minimum Gasteiger partial charge on any atom is -0.493 e. The largest absolute Gasteiger partial charge is 0.493 e. The van der Waals surface area contributed by atoms with Crippen LogP contribution in [0.5, 0.6) is 11.5 Å². The van der Waals surface area contributed by atoms with Gasteiger partial charge in [-0.2, -0.15) is 0 Å². The van der Waals surface area contributed by atoms with E-state index in [-0.39, 0.29) is 30.9 Å². The van der Waals surface area contributed by atoms with Crippen LogP contribution in [0, 0.1) is 0 Å². The van der Waals surface area contributed by atoms with Gasteiger partial charge in [-0.25, -0.2) is 0 Å². The van der Waals surface area contributed by atoms with Gasteiger partial charge in [-0.3, -0.25) is 14.6 Å². The van der Waals surface area contributed by atoms with Gasteiger partial charge in [0.05, 0.1) is 39.9 Å². The van der Waals surface area contributed by atoms with Crippen molar-refractivity contribution in [2.24, 2.45) is 0 Å². The first-order valence-corrected chi connectivity index (χ1v) is 11.9. The van der Waals surface area contributed by atoms with Gasteiger partial charge in [-0.15, -0.1) is 0 Å². The fourth-order valence-electron chi connectivity index (χ4n) is 4.21. The van der Waals surface area contributed by atoms with Crippen LogP contribution in [-0.2, 0) is 33.9 Å². The molecule has 1 aromatic heterocycles. The van der Waals surface area contributed by atoms with Gasteiger partial charge in [0.1, 0.15) is 0 Å². The second kappa shape index (κ2) is 12.2. The number of ether oxygens (including phenoxy) is 3. The molecule has 188 valence electrons. The molecular weight excluding hydrogens is 458 g/mol. The van der Waals surface area contributed by atoms with E-state index in [1.54, 1.807) is 48.5 Å². The Morgan fingerprint density at radius 2 is 1.72 bits per heavy atom. The second-order valence-electron chi connectivity index (χ2n) is 8.69. The number of hydrogen-bond acceptors (Lipinski definition) is 6. The molecule has 36 heavy (non-hydrogen) atoms. The van der Waals surface area contributed by atoms with Crippen molar-refractivity contribution in [3.05, 3.63) is 89.7 Å². The van der Waals surface area contributed by atoms with Crippen molar-refractivity contribution in [3.8, 4) is 11.5 Å². The molecule has 0 N–H and O–H groups in total. The Hall–Kier alpha value is -3.91. The predicted octanol–water partition coefficient (Wildman–Crippen LogP) is 3.10. The van der Waals surface area contributed by atoms with E-state index in [0.717, 1.165) is 16.7 Å². The number of amides is 2. The average molecular weight is 490 g/mol. The Morgan fingerprint density at radius 3 is 2.44 bits per heavy atom. The number of benzene rings is 2. The highest BCUT2D eigenvalue weighted by atomic mass is 16.5. The van der Waals surface area contributed by atoms with Gasteiger partial charge in [0.2, 0.25) is 11.8 Å². The van der Waals surface area contributed by atoms with Crippen molar-refractivity contribution in [2.75, 3.05) is 33.9 Å². The lowest BCUT2D eigenvalue weighted by molar-refractivity contribution is -0.138. The molecule has 0 aliphatic carbocycles. The number of hydrogen-bond donors (Lipinski definition) is 0. The number of nitrogens with zero attached hydrogens (tertiary/aromatic N) is 3. The Balaban J connectivity index is 1.50. The molecule has 1 unspecified atom stereocenters. The Bertz CT molecular complexity index is 1160. The van der Waals surface area contributed by atoms with Crippen molar-refractivity contribution in [1.29, 1.82) is 0 Å². The van der Waals surface area contributed by atoms with Crippen molar-refractivity contribution in [3.63, 3.8) is 0 Å². The van der Waals surface area contributed by atoms with Crippen LogP contribution in [0.4, 0.5) is 0 Å². The van der Waals surface area contributed by atoms with E-state index in [1.807, 2.05) is 48.5 Å². The minimum atomic E-state index is -0.338. The zero-order valence-corrected chi connectivity index (χ0v) is 20.6. The van der Waals surface area contributed by atoms with Crippen LogP contribution >= 0.6 is 0 Å². The fraction of sp³-hybridized carbons (Fsp3) is 0.321. The first-order valence-electron chi connectivity index (χ1n) is 11.9. The maximum Gasteiger partial charge on any atom is 0.242 e. The SMILES string of the molecule is COc1ccc(CC(=O)N2CC(=O)N(Cc3ccccc3)CC(OCc3cccnc3)C2)cc1OC. The van der Waals surface area contributed by atoms with Crippen LogP contribution in [0.1, 0.15) is 16.7 Å². The van der Waals surface area contributed by atoms with Crippen molar-refractivity contribution >= 4 is 11.8 Å². The molecule has 0 radical (unpaired) electrons. The van der Waals surface area contributed by atoms with Gasteiger partial charge >= 0.3 is 0 Å². The zero-order valence-electron chi connectivity index (χ0n) is 20.6. The molecule has 1 aliphatic heterocycles. The Kier molecular flexibility index (Phi) is 8.52. The number of carbonyl (C=O) groups excluding carboxylic acids is 2. The topological polar surface area (TPSA) is 81.2 Å². The molecule has 2 heterocycles. The molecule has 1 saturated heterocycles. The molecule has 1 aliphatic rings. The molecule has 2 aromatic carbocycles. The number of methoxy groups -OCH3 is 2. The lowest BCUT2D eigenvalue weighted by Gasteiger charge is -2.25. The van der Waals surface area contributed by atoms with Gasteiger partial charge in [-0.1, -0.05) is 42.5 Å². The Morgan fingerprint density at radius 1 is 0.944 bits per heavy atom. The lowest BCUT2D eigenvalue weighted by Crippen LogP contribution is -2.40. The molecule has 2 amide bonds. The van der Waals surface area contributed by atoms with E-state index in [2.05, 4.69) is 4.98 Å². The summed E-state index contributed by atoms with van der Waals surface area (Å²) in [6.45, 7) is 1.54. The molecule has 8 heteroatoms. The first-order chi connectivity index (χ1) is 17.6. The molecule has 0 spiro atoms. The third-order valence-electron chi connectivity index (χ3n) is 6.11. The molecule has 8 nitrogen and oxygen atoms in total. The summed E-state index contributed by atoms with van der Waals surface area (Å²) in [6.07, 6.45) is 3.27. The average Bonchev–Trinajstić information content (AvgIpc) is 3.07. The van der Waals surface area contributed by atoms with E-state index in [9.17, 15) is 9.59 Å². The lowest BCUT2D eigenvalue weighted by atomic mass is 10.1. The van der Waals surface area contributed by atoms with E-state index in [4.69, 9.17) is 14.2 Å². The number of pyridine rings is 1. The van der Waals surface area contributed by atoms with Crippen molar-refractivity contribution < 1.29 is 23.8 Å². The van der Waals surface area contributed by atoms with Crippen LogP contribution in [0.3, 0.4) is 0 Å². The third-order valence-corrected chi connectivity index (χ3v) is 6.11. The van der Waals surface area contributed by atoms with Crippen LogP contribution in [0.15, 0.2) is 73.1 Å². The number of rotatable bonds is 9. The smallest absolute Gasteiger partial charge is 0.242 e. The number of aromatic nitrogens is 1. The first kappa shape index (κ1) is 25.2. The highest BCUT2D eigenvalue weighted by Crippen LogP contribution is 2.28. The number of carbonyl (C=O) groups is 2. The van der Waals surface area contributed by atoms with Gasteiger partial charge in [0, 0.05) is 32.0 Å². The van der Waals surface area contributed by atoms with Gasteiger partial charge in [0.25, 0.3) is 0 Å². The van der Waals surface area contributed by atoms with E-state index in [1.165, 1.54) is 0 Å². The fourth-order valence-corrected chi connectivity index (χ4v) is 4.21. The van der Waals surface area contributed by atoms with E-state index in [0.29, 0.717) is 37.7 Å². The molecule has 1 fully saturated rings. The van der Waals surface area contributed by atoms with Gasteiger partial charge in [0.15, 0.2) is 11.5 Å². The van der Waals surface area contributed by atoms with E-state index < -0.39 is 0 Å². The van der Waals surface area contributed by atoms with Crippen LogP contribution in [0.2, 0.25) is 0 Å². The molecule has 3 aromatic rings. The summed E-state index contributed by atoms with van der Waals surface area (Å²) in [5.41, 5.74) is 2.75. The molecule has 0 saturated carbocycles. The molecule has 0 bridgehead atoms. The Labute approximate surface area is 211 Å². The monoisotopic (exact) mass is 489 g/mol. The third kappa shape index (κ3) is 6.60. The summed E-state index contributed by atoms with van der Waals surface area (Å²) in [4.78, 5) is 34.0. The molecule has 1 atom stereocenters. The predicted molar refractivity (Wildman–Crippen MR) is 135 cm³/mol. The van der Waals surface area contributed by atoms with Gasteiger partial charge in [-0.05, 0) is 34.9 Å².